The maximum absolute atomic E-state index is 12.6. The first-order chi connectivity index (χ1) is 11.3. The number of nitrogens with one attached hydrogen (secondary N) is 1. The van der Waals surface area contributed by atoms with E-state index in [4.69, 9.17) is 14.6 Å². The molecule has 0 radical (unpaired) electrons. The summed E-state index contributed by atoms with van der Waals surface area (Å²) in [6.07, 6.45) is 0. The summed E-state index contributed by atoms with van der Waals surface area (Å²) in [5, 5.41) is 8.99. The Hall–Kier alpha value is -2.74. The molecule has 8 heteroatoms. The molecule has 0 fully saturated rings. The number of carboxylic acids is 1. The number of ether oxygens (including phenoxy) is 2. The third kappa shape index (κ3) is 3.60. The zero-order chi connectivity index (χ0) is 17.9. The van der Waals surface area contributed by atoms with Gasteiger partial charge in [-0.25, -0.2) is 13.2 Å². The summed E-state index contributed by atoms with van der Waals surface area (Å²) in [7, 11) is -1.05. The molecule has 2 aromatic carbocycles. The second-order valence-corrected chi connectivity index (χ2v) is 6.61. The number of rotatable bonds is 6. The summed E-state index contributed by atoms with van der Waals surface area (Å²) in [5.74, 6) is -0.442. The Morgan fingerprint density at radius 3 is 2.29 bits per heavy atom. The largest absolute Gasteiger partial charge is 0.493 e. The van der Waals surface area contributed by atoms with Crippen LogP contribution in [0.2, 0.25) is 0 Å². The predicted octanol–water partition coefficient (Wildman–Crippen LogP) is 2.51. The third-order valence-corrected chi connectivity index (χ3v) is 4.86. The van der Waals surface area contributed by atoms with E-state index in [1.807, 2.05) is 0 Å². The van der Waals surface area contributed by atoms with Gasteiger partial charge in [0.2, 0.25) is 0 Å². The topological polar surface area (TPSA) is 102 Å². The molecule has 128 valence electrons. The average molecular weight is 351 g/mol. The van der Waals surface area contributed by atoms with Gasteiger partial charge in [0.25, 0.3) is 10.0 Å². The molecule has 0 aliphatic rings. The number of aromatic carboxylic acids is 1. The highest BCUT2D eigenvalue weighted by atomic mass is 32.2. The molecule has 0 heterocycles. The van der Waals surface area contributed by atoms with E-state index in [0.29, 0.717) is 11.3 Å². The van der Waals surface area contributed by atoms with Crippen molar-refractivity contribution in [2.75, 3.05) is 18.9 Å². The molecule has 0 saturated heterocycles. The van der Waals surface area contributed by atoms with E-state index in [0.717, 1.165) is 0 Å². The number of anilines is 1. The van der Waals surface area contributed by atoms with Gasteiger partial charge in [0.1, 0.15) is 0 Å². The first-order valence-electron chi connectivity index (χ1n) is 6.87. The van der Waals surface area contributed by atoms with Gasteiger partial charge in [0.05, 0.1) is 24.7 Å². The van der Waals surface area contributed by atoms with Crippen molar-refractivity contribution in [3.05, 3.63) is 47.5 Å². The SMILES string of the molecule is COc1cc(C)c(S(=O)(=O)Nc2cccc(C(=O)O)c2)cc1OC. The van der Waals surface area contributed by atoms with Gasteiger partial charge >= 0.3 is 5.97 Å². The number of sulfonamides is 1. The molecule has 24 heavy (non-hydrogen) atoms. The van der Waals surface area contributed by atoms with Gasteiger partial charge in [-0.05, 0) is 36.8 Å². The summed E-state index contributed by atoms with van der Waals surface area (Å²) >= 11 is 0. The number of carboxylic acid groups (broad SMARTS) is 1. The van der Waals surface area contributed by atoms with E-state index in [9.17, 15) is 13.2 Å². The second kappa shape index (κ2) is 6.79. The molecule has 0 aliphatic carbocycles. The van der Waals surface area contributed by atoms with Crippen LogP contribution in [0.15, 0.2) is 41.3 Å². The number of hydrogen-bond donors (Lipinski definition) is 2. The molecular weight excluding hydrogens is 334 g/mol. The summed E-state index contributed by atoms with van der Waals surface area (Å²) in [6, 6.07) is 8.47. The van der Waals surface area contributed by atoms with Crippen LogP contribution < -0.4 is 14.2 Å². The van der Waals surface area contributed by atoms with Crippen LogP contribution in [-0.2, 0) is 10.0 Å². The lowest BCUT2D eigenvalue weighted by molar-refractivity contribution is 0.0697. The highest BCUT2D eigenvalue weighted by Gasteiger charge is 2.21. The average Bonchev–Trinajstić information content (AvgIpc) is 2.54. The van der Waals surface area contributed by atoms with Crippen LogP contribution in [0.25, 0.3) is 0 Å². The Kier molecular flexibility index (Phi) is 4.99. The molecule has 2 N–H and O–H groups in total. The number of hydrogen-bond acceptors (Lipinski definition) is 5. The summed E-state index contributed by atoms with van der Waals surface area (Å²) in [4.78, 5) is 11.0. The van der Waals surface area contributed by atoms with Gasteiger partial charge < -0.3 is 14.6 Å². The monoisotopic (exact) mass is 351 g/mol. The van der Waals surface area contributed by atoms with E-state index in [1.165, 1.54) is 44.6 Å². The van der Waals surface area contributed by atoms with E-state index in [-0.39, 0.29) is 21.9 Å². The van der Waals surface area contributed by atoms with Crippen molar-refractivity contribution in [3.8, 4) is 11.5 Å². The van der Waals surface area contributed by atoms with Crippen molar-refractivity contribution < 1.29 is 27.8 Å². The van der Waals surface area contributed by atoms with Crippen molar-refractivity contribution in [2.45, 2.75) is 11.8 Å². The lowest BCUT2D eigenvalue weighted by Crippen LogP contribution is -2.15. The molecule has 0 saturated carbocycles. The Morgan fingerprint density at radius 2 is 1.71 bits per heavy atom. The van der Waals surface area contributed by atoms with Gasteiger partial charge in [-0.15, -0.1) is 0 Å². The lowest BCUT2D eigenvalue weighted by Gasteiger charge is -2.14. The van der Waals surface area contributed by atoms with E-state index in [2.05, 4.69) is 4.72 Å². The first-order valence-corrected chi connectivity index (χ1v) is 8.35. The van der Waals surface area contributed by atoms with Gasteiger partial charge in [-0.1, -0.05) is 6.07 Å². The minimum Gasteiger partial charge on any atom is -0.493 e. The first kappa shape index (κ1) is 17.6. The van der Waals surface area contributed by atoms with Gasteiger partial charge in [-0.2, -0.15) is 0 Å². The van der Waals surface area contributed by atoms with Crippen molar-refractivity contribution in [1.82, 2.24) is 0 Å². The summed E-state index contributed by atoms with van der Waals surface area (Å²) < 4.78 is 37.9. The maximum Gasteiger partial charge on any atom is 0.335 e. The number of aryl methyl sites for hydroxylation is 1. The fraction of sp³-hybridized carbons (Fsp3) is 0.188. The van der Waals surface area contributed by atoms with E-state index in [1.54, 1.807) is 13.0 Å². The summed E-state index contributed by atoms with van der Waals surface area (Å²) in [6.45, 7) is 1.63. The molecule has 0 aliphatic heterocycles. The molecule has 2 rings (SSSR count). The Labute approximate surface area is 139 Å². The minimum absolute atomic E-state index is 0.0146. The second-order valence-electron chi connectivity index (χ2n) is 4.96. The Bertz CT molecular complexity index is 876. The van der Waals surface area contributed by atoms with Crippen molar-refractivity contribution >= 4 is 21.7 Å². The molecule has 0 bridgehead atoms. The number of carbonyl (C=O) groups is 1. The van der Waals surface area contributed by atoms with Crippen LogP contribution in [0.3, 0.4) is 0 Å². The molecule has 0 atom stereocenters. The van der Waals surface area contributed by atoms with Crippen LogP contribution in [0.1, 0.15) is 15.9 Å². The number of benzene rings is 2. The van der Waals surface area contributed by atoms with Crippen LogP contribution in [-0.4, -0.2) is 33.7 Å². The zero-order valence-corrected chi connectivity index (χ0v) is 14.2. The van der Waals surface area contributed by atoms with Crippen LogP contribution >= 0.6 is 0 Å². The van der Waals surface area contributed by atoms with Crippen molar-refractivity contribution in [1.29, 1.82) is 0 Å². The molecule has 0 aromatic heterocycles. The quantitative estimate of drug-likeness (QED) is 0.829. The molecule has 0 unspecified atom stereocenters. The van der Waals surface area contributed by atoms with Gasteiger partial charge in [0, 0.05) is 11.8 Å². The van der Waals surface area contributed by atoms with Crippen LogP contribution in [0.5, 0.6) is 11.5 Å². The highest BCUT2D eigenvalue weighted by molar-refractivity contribution is 7.92. The smallest absolute Gasteiger partial charge is 0.335 e. The highest BCUT2D eigenvalue weighted by Crippen LogP contribution is 2.33. The fourth-order valence-electron chi connectivity index (χ4n) is 2.18. The fourth-order valence-corrected chi connectivity index (χ4v) is 3.47. The predicted molar refractivity (Wildman–Crippen MR) is 88.5 cm³/mol. The zero-order valence-electron chi connectivity index (χ0n) is 13.4. The Balaban J connectivity index is 2.44. The minimum atomic E-state index is -3.92. The van der Waals surface area contributed by atoms with Crippen LogP contribution in [0, 0.1) is 6.92 Å². The van der Waals surface area contributed by atoms with Gasteiger partial charge in [0.15, 0.2) is 11.5 Å². The lowest BCUT2D eigenvalue weighted by atomic mass is 10.2. The van der Waals surface area contributed by atoms with Crippen molar-refractivity contribution in [2.24, 2.45) is 0 Å². The standard InChI is InChI=1S/C16H17NO6S/c1-10-7-13(22-2)14(23-3)9-15(10)24(20,21)17-12-6-4-5-11(8-12)16(18)19/h4-9,17H,1-3H3,(H,18,19). The van der Waals surface area contributed by atoms with Crippen LogP contribution in [0.4, 0.5) is 5.69 Å². The molecular formula is C16H17NO6S. The molecule has 2 aromatic rings. The van der Waals surface area contributed by atoms with E-state index < -0.39 is 16.0 Å². The summed E-state index contributed by atoms with van der Waals surface area (Å²) in [5.41, 5.74) is 0.609. The maximum atomic E-state index is 12.6. The van der Waals surface area contributed by atoms with E-state index >= 15 is 0 Å². The molecule has 0 spiro atoms. The molecule has 0 amide bonds. The Morgan fingerprint density at radius 1 is 1.08 bits per heavy atom. The normalized spacial score (nSPS) is 11.0. The number of methoxy groups -OCH3 is 2. The third-order valence-electron chi connectivity index (χ3n) is 3.33. The van der Waals surface area contributed by atoms with Crippen molar-refractivity contribution in [3.63, 3.8) is 0 Å². The molecule has 7 nitrogen and oxygen atoms in total. The van der Waals surface area contributed by atoms with Gasteiger partial charge in [-0.3, -0.25) is 4.72 Å².